The molecule has 1 aromatic carbocycles. The summed E-state index contributed by atoms with van der Waals surface area (Å²) < 4.78 is 20.0. The van der Waals surface area contributed by atoms with Crippen LogP contribution in [0.1, 0.15) is 11.3 Å². The van der Waals surface area contributed by atoms with Gasteiger partial charge in [-0.15, -0.1) is 9.78 Å². The first-order valence-corrected chi connectivity index (χ1v) is 7.25. The largest absolute Gasteiger partial charge is 0.504 e. The third-order valence-electron chi connectivity index (χ3n) is 3.29. The topological polar surface area (TPSA) is 90.1 Å². The smallest absolute Gasteiger partial charge is 0.436 e. The molecule has 7 nitrogen and oxygen atoms in total. The van der Waals surface area contributed by atoms with Crippen LogP contribution >= 0.6 is 15.9 Å². The molecule has 0 saturated carbocycles. The number of aromatic hydroxyl groups is 1. The van der Waals surface area contributed by atoms with Gasteiger partial charge in [-0.25, -0.2) is 9.18 Å². The molecule has 3 rings (SSSR count). The molecule has 2 heterocycles. The Bertz CT molecular complexity index is 912. The number of phenolic OH excluding ortho intramolecular Hbond substituents is 1. The molecule has 0 spiro atoms. The monoisotopic (exact) mass is 380 g/mol. The van der Waals surface area contributed by atoms with Gasteiger partial charge in [0.2, 0.25) is 0 Å². The van der Waals surface area contributed by atoms with Crippen molar-refractivity contribution in [1.29, 1.82) is 0 Å². The van der Waals surface area contributed by atoms with Gasteiger partial charge in [-0.3, -0.25) is 0 Å². The van der Waals surface area contributed by atoms with Crippen LogP contribution in [0.25, 0.3) is 11.0 Å². The number of fused-ring (bicyclic) bond motifs is 1. The Kier molecular flexibility index (Phi) is 3.95. The summed E-state index contributed by atoms with van der Waals surface area (Å²) >= 11 is 3.05. The number of hydrogen-bond donors (Lipinski definition) is 1. The quantitative estimate of drug-likeness (QED) is 0.734. The summed E-state index contributed by atoms with van der Waals surface area (Å²) in [5.74, 6) is -1.22. The number of phenols is 1. The maximum atomic E-state index is 14.1. The molecular weight excluding hydrogens is 371 g/mol. The van der Waals surface area contributed by atoms with Gasteiger partial charge in [-0.2, -0.15) is 10.2 Å². The summed E-state index contributed by atoms with van der Waals surface area (Å²) in [6.45, 7) is 0. The Labute approximate surface area is 137 Å². The van der Waals surface area contributed by atoms with Gasteiger partial charge in [0.25, 0.3) is 0 Å². The fourth-order valence-electron chi connectivity index (χ4n) is 2.17. The van der Waals surface area contributed by atoms with Gasteiger partial charge in [-0.05, 0) is 33.6 Å². The molecule has 0 aliphatic carbocycles. The fraction of sp³-hybridized carbons (Fsp3) is 0.143. The highest BCUT2D eigenvalue weighted by molar-refractivity contribution is 9.10. The molecule has 0 atom stereocenters. The Morgan fingerprint density at radius 3 is 2.96 bits per heavy atom. The second-order valence-electron chi connectivity index (χ2n) is 4.64. The lowest BCUT2D eigenvalue weighted by molar-refractivity contribution is 0.170. The number of methoxy groups -OCH3 is 1. The molecule has 0 fully saturated rings. The van der Waals surface area contributed by atoms with Crippen LogP contribution in [0.2, 0.25) is 0 Å². The highest BCUT2D eigenvalue weighted by Crippen LogP contribution is 2.30. The summed E-state index contributed by atoms with van der Waals surface area (Å²) in [4.78, 5) is 11.7. The average molecular weight is 381 g/mol. The minimum atomic E-state index is -0.748. The molecule has 1 N–H and O–H groups in total. The van der Waals surface area contributed by atoms with Crippen LogP contribution in [0, 0.1) is 5.82 Å². The number of aromatic nitrogens is 4. The normalized spacial score (nSPS) is 10.9. The molecule has 0 amide bonds. The van der Waals surface area contributed by atoms with Gasteiger partial charge in [0.05, 0.1) is 23.5 Å². The van der Waals surface area contributed by atoms with Crippen LogP contribution in [-0.4, -0.2) is 38.3 Å². The Morgan fingerprint density at radius 1 is 1.43 bits per heavy atom. The van der Waals surface area contributed by atoms with Crippen LogP contribution in [0.4, 0.5) is 9.18 Å². The van der Waals surface area contributed by atoms with Crippen LogP contribution < -0.4 is 0 Å². The van der Waals surface area contributed by atoms with Crippen molar-refractivity contribution in [2.75, 3.05) is 7.11 Å². The third-order valence-corrected chi connectivity index (χ3v) is 3.93. The maximum Gasteiger partial charge on any atom is 0.436 e. The zero-order chi connectivity index (χ0) is 16.6. The molecule has 3 aromatic rings. The lowest BCUT2D eigenvalue weighted by atomic mass is 10.1. The van der Waals surface area contributed by atoms with Crippen LogP contribution in [0.3, 0.4) is 0 Å². The van der Waals surface area contributed by atoms with Crippen molar-refractivity contribution in [2.45, 2.75) is 6.42 Å². The Hall–Kier alpha value is -2.55. The molecule has 118 valence electrons. The minimum absolute atomic E-state index is 0.0683. The summed E-state index contributed by atoms with van der Waals surface area (Å²) in [5, 5.41) is 21.9. The van der Waals surface area contributed by atoms with E-state index < -0.39 is 17.7 Å². The zero-order valence-corrected chi connectivity index (χ0v) is 13.4. The summed E-state index contributed by atoms with van der Waals surface area (Å²) in [7, 11) is 1.22. The van der Waals surface area contributed by atoms with E-state index in [0.717, 1.165) is 4.68 Å². The number of ether oxygens (including phenoxy) is 1. The van der Waals surface area contributed by atoms with Gasteiger partial charge in [-0.1, -0.05) is 6.07 Å². The van der Waals surface area contributed by atoms with Gasteiger partial charge >= 0.3 is 6.09 Å². The van der Waals surface area contributed by atoms with Crippen LogP contribution in [-0.2, 0) is 11.2 Å². The van der Waals surface area contributed by atoms with E-state index in [4.69, 9.17) is 0 Å². The first-order chi connectivity index (χ1) is 11.0. The van der Waals surface area contributed by atoms with E-state index in [9.17, 15) is 14.3 Å². The lowest BCUT2D eigenvalue weighted by Crippen LogP contribution is -2.14. The molecule has 9 heteroatoms. The molecule has 0 bridgehead atoms. The maximum absolute atomic E-state index is 14.1. The van der Waals surface area contributed by atoms with Crippen molar-refractivity contribution in [3.63, 3.8) is 0 Å². The van der Waals surface area contributed by atoms with Gasteiger partial charge < -0.3 is 9.84 Å². The lowest BCUT2D eigenvalue weighted by Gasteiger charge is -2.05. The van der Waals surface area contributed by atoms with Gasteiger partial charge in [0.15, 0.2) is 17.2 Å². The number of hydrogen-bond acceptors (Lipinski definition) is 6. The molecule has 0 unspecified atom stereocenters. The first-order valence-electron chi connectivity index (χ1n) is 6.46. The van der Waals surface area contributed by atoms with E-state index in [1.807, 2.05) is 0 Å². The SMILES string of the molecule is COC(=O)n1nc(Cc2ccc(Br)c(O)c2F)c2ccnnc21. The van der Waals surface area contributed by atoms with Crippen LogP contribution in [0.15, 0.2) is 28.9 Å². The highest BCUT2D eigenvalue weighted by atomic mass is 79.9. The van der Waals surface area contributed by atoms with E-state index in [0.29, 0.717) is 11.1 Å². The van der Waals surface area contributed by atoms with E-state index in [2.05, 4.69) is 36.0 Å². The zero-order valence-electron chi connectivity index (χ0n) is 11.8. The van der Waals surface area contributed by atoms with Crippen molar-refractivity contribution >= 4 is 33.1 Å². The second-order valence-corrected chi connectivity index (χ2v) is 5.50. The van der Waals surface area contributed by atoms with Crippen molar-refractivity contribution < 1.29 is 19.0 Å². The van der Waals surface area contributed by atoms with Crippen molar-refractivity contribution in [3.8, 4) is 5.75 Å². The van der Waals surface area contributed by atoms with Crippen molar-refractivity contribution in [2.24, 2.45) is 0 Å². The minimum Gasteiger partial charge on any atom is -0.504 e. The van der Waals surface area contributed by atoms with E-state index in [-0.39, 0.29) is 22.1 Å². The van der Waals surface area contributed by atoms with Gasteiger partial charge in [0.1, 0.15) is 0 Å². The molecule has 2 aromatic heterocycles. The molecule has 0 aliphatic heterocycles. The van der Waals surface area contributed by atoms with Crippen molar-refractivity contribution in [1.82, 2.24) is 20.0 Å². The van der Waals surface area contributed by atoms with Crippen LogP contribution in [0.5, 0.6) is 5.75 Å². The summed E-state index contributed by atoms with van der Waals surface area (Å²) in [6, 6.07) is 4.69. The van der Waals surface area contributed by atoms with E-state index >= 15 is 0 Å². The number of carbonyl (C=O) groups excluding carboxylic acids is 1. The summed E-state index contributed by atoms with van der Waals surface area (Å²) in [6.07, 6.45) is 0.796. The number of halogens is 2. The fourth-order valence-corrected chi connectivity index (χ4v) is 2.48. The first kappa shape index (κ1) is 15.3. The molecule has 0 saturated heterocycles. The predicted octanol–water partition coefficient (Wildman–Crippen LogP) is 2.64. The van der Waals surface area contributed by atoms with E-state index in [1.54, 1.807) is 6.07 Å². The number of benzene rings is 1. The number of rotatable bonds is 2. The Morgan fingerprint density at radius 2 is 2.22 bits per heavy atom. The van der Waals surface area contributed by atoms with Gasteiger partial charge in [0, 0.05) is 11.8 Å². The number of carbonyl (C=O) groups is 1. The molecule has 23 heavy (non-hydrogen) atoms. The third kappa shape index (κ3) is 2.63. The average Bonchev–Trinajstić information content (AvgIpc) is 2.93. The highest BCUT2D eigenvalue weighted by Gasteiger charge is 2.19. The number of nitrogens with zero attached hydrogens (tertiary/aromatic N) is 4. The van der Waals surface area contributed by atoms with E-state index in [1.165, 1.54) is 25.4 Å². The predicted molar refractivity (Wildman–Crippen MR) is 81.7 cm³/mol. The molecule has 0 aliphatic rings. The standard InChI is InChI=1S/C14H10BrFN4O3/c1-23-14(22)20-13-8(4-5-17-18-13)10(19-20)6-7-2-3-9(15)12(21)11(7)16/h2-5,21H,6H2,1H3. The summed E-state index contributed by atoms with van der Waals surface area (Å²) in [5.41, 5.74) is 0.871. The molecular formula is C14H10BrFN4O3. The van der Waals surface area contributed by atoms with Crippen molar-refractivity contribution in [3.05, 3.63) is 45.9 Å². The Balaban J connectivity index is 2.11. The second kappa shape index (κ2) is 5.92. The molecule has 0 radical (unpaired) electrons.